The molecule has 0 aliphatic rings. The SMILES string of the molecule is CCOc1ccccc1NC(=O)[C@H](NNC(=O)c1cccn1C)c1ccccc1. The Morgan fingerprint density at radius 1 is 1.00 bits per heavy atom. The number of anilines is 1. The van der Waals surface area contributed by atoms with Crippen molar-refractivity contribution in [1.82, 2.24) is 15.4 Å². The number of carbonyl (C=O) groups is 2. The first-order valence-electron chi connectivity index (χ1n) is 9.35. The average molecular weight is 392 g/mol. The third-order valence-electron chi connectivity index (χ3n) is 4.35. The van der Waals surface area contributed by atoms with Crippen molar-refractivity contribution in [1.29, 1.82) is 0 Å². The number of para-hydroxylation sites is 2. The van der Waals surface area contributed by atoms with Gasteiger partial charge in [-0.15, -0.1) is 0 Å². The number of amides is 2. The fraction of sp³-hybridized carbons (Fsp3) is 0.182. The second-order valence-corrected chi connectivity index (χ2v) is 6.36. The van der Waals surface area contributed by atoms with Crippen LogP contribution in [0.5, 0.6) is 5.75 Å². The van der Waals surface area contributed by atoms with Gasteiger partial charge < -0.3 is 14.6 Å². The number of rotatable bonds is 8. The molecule has 0 aliphatic carbocycles. The zero-order valence-electron chi connectivity index (χ0n) is 16.4. The van der Waals surface area contributed by atoms with Gasteiger partial charge in [0, 0.05) is 13.2 Å². The van der Waals surface area contributed by atoms with Crippen LogP contribution in [-0.4, -0.2) is 23.0 Å². The molecule has 0 saturated carbocycles. The van der Waals surface area contributed by atoms with Crippen molar-refractivity contribution in [3.63, 3.8) is 0 Å². The van der Waals surface area contributed by atoms with Gasteiger partial charge in [0.1, 0.15) is 17.5 Å². The van der Waals surface area contributed by atoms with Crippen LogP contribution in [0.4, 0.5) is 5.69 Å². The van der Waals surface area contributed by atoms with Gasteiger partial charge >= 0.3 is 0 Å². The Balaban J connectivity index is 1.78. The average Bonchev–Trinajstić information content (AvgIpc) is 3.16. The Morgan fingerprint density at radius 3 is 2.41 bits per heavy atom. The summed E-state index contributed by atoms with van der Waals surface area (Å²) < 4.78 is 7.28. The molecule has 2 aromatic carbocycles. The number of aromatic nitrogens is 1. The molecule has 0 bridgehead atoms. The molecule has 0 aliphatic heterocycles. The molecule has 0 radical (unpaired) electrons. The number of nitrogens with zero attached hydrogens (tertiary/aromatic N) is 1. The van der Waals surface area contributed by atoms with Crippen molar-refractivity contribution in [3.05, 3.63) is 84.2 Å². The molecule has 29 heavy (non-hydrogen) atoms. The van der Waals surface area contributed by atoms with E-state index >= 15 is 0 Å². The lowest BCUT2D eigenvalue weighted by Crippen LogP contribution is -2.45. The van der Waals surface area contributed by atoms with Crippen LogP contribution in [0.2, 0.25) is 0 Å². The van der Waals surface area contributed by atoms with Gasteiger partial charge in [-0.25, -0.2) is 5.43 Å². The summed E-state index contributed by atoms with van der Waals surface area (Å²) >= 11 is 0. The van der Waals surface area contributed by atoms with E-state index in [2.05, 4.69) is 16.2 Å². The van der Waals surface area contributed by atoms with Gasteiger partial charge in [-0.3, -0.25) is 15.0 Å². The number of benzene rings is 2. The normalized spacial score (nSPS) is 11.5. The standard InChI is InChI=1S/C22H24N4O3/c1-3-29-19-14-8-7-12-17(19)23-22(28)20(16-10-5-4-6-11-16)24-25-21(27)18-13-9-15-26(18)2/h4-15,20,24H,3H2,1-2H3,(H,23,28)(H,25,27)/t20-/m1/s1. The summed E-state index contributed by atoms with van der Waals surface area (Å²) in [7, 11) is 1.78. The van der Waals surface area contributed by atoms with E-state index in [0.29, 0.717) is 29.3 Å². The minimum absolute atomic E-state index is 0.324. The van der Waals surface area contributed by atoms with Crippen LogP contribution in [0.15, 0.2) is 72.9 Å². The highest BCUT2D eigenvalue weighted by Gasteiger charge is 2.22. The molecule has 0 saturated heterocycles. The van der Waals surface area contributed by atoms with Crippen LogP contribution in [0, 0.1) is 0 Å². The topological polar surface area (TPSA) is 84.4 Å². The molecule has 3 N–H and O–H groups in total. The Morgan fingerprint density at radius 2 is 1.72 bits per heavy atom. The number of nitrogens with one attached hydrogen (secondary N) is 3. The van der Waals surface area contributed by atoms with Gasteiger partial charge in [-0.1, -0.05) is 42.5 Å². The Hall–Kier alpha value is -3.58. The first kappa shape index (κ1) is 20.2. The lowest BCUT2D eigenvalue weighted by molar-refractivity contribution is -0.118. The molecule has 150 valence electrons. The quantitative estimate of drug-likeness (QED) is 0.515. The molecule has 3 aromatic rings. The van der Waals surface area contributed by atoms with Crippen LogP contribution < -0.4 is 20.9 Å². The first-order valence-corrected chi connectivity index (χ1v) is 9.35. The van der Waals surface area contributed by atoms with E-state index in [9.17, 15) is 9.59 Å². The minimum Gasteiger partial charge on any atom is -0.492 e. The minimum atomic E-state index is -0.796. The lowest BCUT2D eigenvalue weighted by Gasteiger charge is -2.20. The van der Waals surface area contributed by atoms with Gasteiger partial charge in [-0.2, -0.15) is 0 Å². The molecule has 7 nitrogen and oxygen atoms in total. The van der Waals surface area contributed by atoms with Crippen molar-refractivity contribution < 1.29 is 14.3 Å². The number of hydrogen-bond donors (Lipinski definition) is 3. The van der Waals surface area contributed by atoms with Crippen LogP contribution in [0.3, 0.4) is 0 Å². The highest BCUT2D eigenvalue weighted by atomic mass is 16.5. The van der Waals surface area contributed by atoms with E-state index in [1.165, 1.54) is 0 Å². The van der Waals surface area contributed by atoms with E-state index in [1.54, 1.807) is 42.1 Å². The third-order valence-corrected chi connectivity index (χ3v) is 4.35. The van der Waals surface area contributed by atoms with Crippen LogP contribution in [0.25, 0.3) is 0 Å². The molecule has 2 amide bonds. The summed E-state index contributed by atoms with van der Waals surface area (Å²) in [6.45, 7) is 2.37. The molecule has 1 heterocycles. The van der Waals surface area contributed by atoms with E-state index in [0.717, 1.165) is 0 Å². The second kappa shape index (κ2) is 9.57. The van der Waals surface area contributed by atoms with Crippen molar-refractivity contribution >= 4 is 17.5 Å². The number of hydrazine groups is 1. The molecule has 7 heteroatoms. The first-order chi connectivity index (χ1) is 14.1. The van der Waals surface area contributed by atoms with E-state index < -0.39 is 6.04 Å². The highest BCUT2D eigenvalue weighted by Crippen LogP contribution is 2.25. The van der Waals surface area contributed by atoms with Gasteiger partial charge in [0.15, 0.2) is 0 Å². The number of carbonyl (C=O) groups excluding carboxylic acids is 2. The van der Waals surface area contributed by atoms with Gasteiger partial charge in [0.25, 0.3) is 5.91 Å². The highest BCUT2D eigenvalue weighted by molar-refractivity contribution is 5.97. The summed E-state index contributed by atoms with van der Waals surface area (Å²) in [6.07, 6.45) is 1.78. The van der Waals surface area contributed by atoms with E-state index in [4.69, 9.17) is 4.74 Å². The van der Waals surface area contributed by atoms with Gasteiger partial charge in [0.05, 0.1) is 12.3 Å². The molecule has 0 spiro atoms. The Bertz CT molecular complexity index is 969. The summed E-state index contributed by atoms with van der Waals surface area (Å²) in [5, 5.41) is 2.88. The summed E-state index contributed by atoms with van der Waals surface area (Å²) in [4.78, 5) is 25.5. The van der Waals surface area contributed by atoms with Crippen molar-refractivity contribution in [2.24, 2.45) is 7.05 Å². The number of ether oxygens (including phenoxy) is 1. The maximum Gasteiger partial charge on any atom is 0.282 e. The number of hydrogen-bond acceptors (Lipinski definition) is 4. The third kappa shape index (κ3) is 5.03. The van der Waals surface area contributed by atoms with Gasteiger partial charge in [0.2, 0.25) is 5.91 Å². The predicted molar refractivity (Wildman–Crippen MR) is 111 cm³/mol. The largest absolute Gasteiger partial charge is 0.492 e. The maximum atomic E-state index is 13.0. The van der Waals surface area contributed by atoms with Crippen LogP contribution >= 0.6 is 0 Å². The fourth-order valence-electron chi connectivity index (χ4n) is 2.90. The Kier molecular flexibility index (Phi) is 6.65. The summed E-state index contributed by atoms with van der Waals surface area (Å²) in [6, 6.07) is 19.1. The van der Waals surface area contributed by atoms with Crippen molar-refractivity contribution in [3.8, 4) is 5.75 Å². The fourth-order valence-corrected chi connectivity index (χ4v) is 2.90. The van der Waals surface area contributed by atoms with Crippen molar-refractivity contribution in [2.75, 3.05) is 11.9 Å². The van der Waals surface area contributed by atoms with Crippen LogP contribution in [0.1, 0.15) is 29.0 Å². The second-order valence-electron chi connectivity index (χ2n) is 6.36. The monoisotopic (exact) mass is 392 g/mol. The molecule has 1 atom stereocenters. The zero-order valence-corrected chi connectivity index (χ0v) is 16.4. The molecule has 1 aromatic heterocycles. The lowest BCUT2D eigenvalue weighted by atomic mass is 10.1. The molecular formula is C22H24N4O3. The molecule has 0 fully saturated rings. The molecule has 3 rings (SSSR count). The maximum absolute atomic E-state index is 13.0. The predicted octanol–water partition coefficient (Wildman–Crippen LogP) is 3.04. The summed E-state index contributed by atoms with van der Waals surface area (Å²) in [5.74, 6) is -0.0699. The Labute approximate surface area is 169 Å². The molecule has 0 unspecified atom stereocenters. The van der Waals surface area contributed by atoms with E-state index in [-0.39, 0.29) is 11.8 Å². The number of aryl methyl sites for hydroxylation is 1. The van der Waals surface area contributed by atoms with E-state index in [1.807, 2.05) is 49.4 Å². The van der Waals surface area contributed by atoms with Crippen LogP contribution in [-0.2, 0) is 11.8 Å². The van der Waals surface area contributed by atoms with Crippen molar-refractivity contribution in [2.45, 2.75) is 13.0 Å². The van der Waals surface area contributed by atoms with Gasteiger partial charge in [-0.05, 0) is 36.8 Å². The smallest absolute Gasteiger partial charge is 0.282 e. The summed E-state index contributed by atoms with van der Waals surface area (Å²) in [5.41, 5.74) is 7.24. The molecular weight excluding hydrogens is 368 g/mol. The zero-order chi connectivity index (χ0) is 20.6.